The highest BCUT2D eigenvalue weighted by atomic mass is 79.9. The first kappa shape index (κ1) is 15.6. The van der Waals surface area contributed by atoms with Crippen LogP contribution in [0.2, 0.25) is 0 Å². The summed E-state index contributed by atoms with van der Waals surface area (Å²) in [6.07, 6.45) is 0.829. The fourth-order valence-electron chi connectivity index (χ4n) is 1.71. The molecule has 0 radical (unpaired) electrons. The van der Waals surface area contributed by atoms with Gasteiger partial charge in [-0.25, -0.2) is 22.7 Å². The molecular weight excluding hydrogens is 369 g/mol. The van der Waals surface area contributed by atoms with E-state index in [1.165, 1.54) is 12.1 Å². The Balaban J connectivity index is 2.55. The Morgan fingerprint density at radius 1 is 1.29 bits per heavy atom. The van der Waals surface area contributed by atoms with Crippen LogP contribution in [0.5, 0.6) is 0 Å². The summed E-state index contributed by atoms with van der Waals surface area (Å²) in [5.41, 5.74) is -1.52. The predicted molar refractivity (Wildman–Crippen MR) is 75.9 cm³/mol. The van der Waals surface area contributed by atoms with Crippen molar-refractivity contribution in [1.82, 2.24) is 9.55 Å². The van der Waals surface area contributed by atoms with E-state index < -0.39 is 32.0 Å². The minimum Gasteiger partial charge on any atom is -0.295 e. The third-order valence-corrected chi connectivity index (χ3v) is 3.92. The molecule has 2 aromatic rings. The molecule has 1 heterocycles. The summed E-state index contributed by atoms with van der Waals surface area (Å²) in [6, 6.07) is 3.96. The Morgan fingerprint density at radius 2 is 1.95 bits per heavy atom. The number of primary sulfonamides is 1. The summed E-state index contributed by atoms with van der Waals surface area (Å²) in [4.78, 5) is 24.2. The maximum atomic E-state index is 13.3. The molecule has 0 bridgehead atoms. The molecule has 0 fully saturated rings. The van der Waals surface area contributed by atoms with Crippen LogP contribution < -0.4 is 16.4 Å². The van der Waals surface area contributed by atoms with Gasteiger partial charge in [0.05, 0.1) is 6.54 Å². The molecular formula is C11H9BrFN3O4S. The van der Waals surface area contributed by atoms with E-state index in [2.05, 4.69) is 15.9 Å². The summed E-state index contributed by atoms with van der Waals surface area (Å²) in [6.45, 7) is -0.130. The predicted octanol–water partition coefficient (Wildman–Crippen LogP) is 0.134. The lowest BCUT2D eigenvalue weighted by atomic mass is 10.2. The van der Waals surface area contributed by atoms with E-state index in [0.29, 0.717) is 10.0 Å². The van der Waals surface area contributed by atoms with Gasteiger partial charge in [0.25, 0.3) is 5.56 Å². The highest BCUT2D eigenvalue weighted by molar-refractivity contribution is 9.10. The molecule has 21 heavy (non-hydrogen) atoms. The fourth-order valence-corrected chi connectivity index (χ4v) is 2.80. The molecule has 0 spiro atoms. The van der Waals surface area contributed by atoms with Crippen molar-refractivity contribution in [1.29, 1.82) is 0 Å². The molecule has 0 saturated heterocycles. The van der Waals surface area contributed by atoms with Gasteiger partial charge in [0, 0.05) is 10.7 Å². The summed E-state index contributed by atoms with van der Waals surface area (Å²) in [7, 11) is -4.27. The van der Waals surface area contributed by atoms with Gasteiger partial charge in [-0.1, -0.05) is 15.9 Å². The Labute approximate surface area is 126 Å². The highest BCUT2D eigenvalue weighted by Crippen LogP contribution is 2.15. The zero-order valence-electron chi connectivity index (χ0n) is 10.3. The first-order chi connectivity index (χ1) is 9.66. The molecule has 0 aliphatic rings. The maximum Gasteiger partial charge on any atom is 0.328 e. The van der Waals surface area contributed by atoms with Gasteiger partial charge in [-0.05, 0) is 23.8 Å². The van der Waals surface area contributed by atoms with Gasteiger partial charge in [-0.2, -0.15) is 0 Å². The molecule has 112 valence electrons. The second-order valence-electron chi connectivity index (χ2n) is 4.20. The van der Waals surface area contributed by atoms with E-state index >= 15 is 0 Å². The van der Waals surface area contributed by atoms with Crippen LogP contribution in [0.4, 0.5) is 4.39 Å². The molecule has 1 aromatic carbocycles. The summed E-state index contributed by atoms with van der Waals surface area (Å²) in [5, 5.41) is 4.89. The van der Waals surface area contributed by atoms with Crippen LogP contribution in [0.25, 0.3) is 0 Å². The average molecular weight is 378 g/mol. The quantitative estimate of drug-likeness (QED) is 0.790. The molecule has 0 atom stereocenters. The Kier molecular flexibility index (Phi) is 4.12. The van der Waals surface area contributed by atoms with Gasteiger partial charge < -0.3 is 0 Å². The lowest BCUT2D eigenvalue weighted by Crippen LogP contribution is -2.34. The topological polar surface area (TPSA) is 115 Å². The third-order valence-electron chi connectivity index (χ3n) is 2.56. The van der Waals surface area contributed by atoms with Gasteiger partial charge in [-0.3, -0.25) is 14.3 Å². The summed E-state index contributed by atoms with van der Waals surface area (Å²) >= 11 is 3.10. The highest BCUT2D eigenvalue weighted by Gasteiger charge is 2.15. The van der Waals surface area contributed by atoms with E-state index in [1.807, 2.05) is 4.98 Å². The van der Waals surface area contributed by atoms with Crippen LogP contribution in [0.1, 0.15) is 5.56 Å². The fraction of sp³-hybridized carbons (Fsp3) is 0.0909. The Morgan fingerprint density at radius 3 is 2.52 bits per heavy atom. The monoisotopic (exact) mass is 377 g/mol. The number of benzene rings is 1. The van der Waals surface area contributed by atoms with E-state index in [4.69, 9.17) is 5.14 Å². The number of nitrogens with two attached hydrogens (primary N) is 1. The van der Waals surface area contributed by atoms with Gasteiger partial charge in [-0.15, -0.1) is 0 Å². The maximum absolute atomic E-state index is 13.3. The number of hydrogen-bond acceptors (Lipinski definition) is 4. The number of hydrogen-bond donors (Lipinski definition) is 2. The normalized spacial score (nSPS) is 11.6. The second kappa shape index (κ2) is 5.54. The van der Waals surface area contributed by atoms with Crippen molar-refractivity contribution in [3.05, 3.63) is 61.1 Å². The van der Waals surface area contributed by atoms with Crippen LogP contribution >= 0.6 is 15.9 Å². The van der Waals surface area contributed by atoms with Gasteiger partial charge >= 0.3 is 5.69 Å². The molecule has 0 amide bonds. The van der Waals surface area contributed by atoms with Crippen molar-refractivity contribution in [3.63, 3.8) is 0 Å². The van der Waals surface area contributed by atoms with Gasteiger partial charge in [0.2, 0.25) is 10.0 Å². The zero-order valence-corrected chi connectivity index (χ0v) is 12.7. The number of rotatable bonds is 3. The first-order valence-corrected chi connectivity index (χ1v) is 7.82. The smallest absolute Gasteiger partial charge is 0.295 e. The van der Waals surface area contributed by atoms with Crippen molar-refractivity contribution < 1.29 is 12.8 Å². The number of aromatic nitrogens is 2. The Bertz CT molecular complexity index is 900. The number of aromatic amines is 1. The number of sulfonamides is 1. The molecule has 1 aromatic heterocycles. The third kappa shape index (κ3) is 3.65. The van der Waals surface area contributed by atoms with Crippen molar-refractivity contribution >= 4 is 26.0 Å². The van der Waals surface area contributed by atoms with Crippen molar-refractivity contribution in [2.75, 3.05) is 0 Å². The van der Waals surface area contributed by atoms with Gasteiger partial charge in [0.1, 0.15) is 5.82 Å². The molecule has 0 unspecified atom stereocenters. The number of H-pyrrole nitrogens is 1. The zero-order chi connectivity index (χ0) is 15.8. The SMILES string of the molecule is NS(=O)(=O)c1cn(Cc2cc(F)cc(Br)c2)c(=O)[nH]c1=O. The minimum absolute atomic E-state index is 0.130. The number of halogens is 2. The van der Waals surface area contributed by atoms with Crippen molar-refractivity contribution in [2.24, 2.45) is 5.14 Å². The second-order valence-corrected chi connectivity index (χ2v) is 6.65. The van der Waals surface area contributed by atoms with Crippen molar-refractivity contribution in [3.8, 4) is 0 Å². The summed E-state index contributed by atoms with van der Waals surface area (Å²) < 4.78 is 37.2. The standard InChI is InChI=1S/C11H9BrFN3O4S/c12-7-1-6(2-8(13)3-7)4-16-5-9(21(14,19)20)10(17)15-11(16)18/h1-3,5H,4H2,(H2,14,19,20)(H,15,17,18). The van der Waals surface area contributed by atoms with Gasteiger partial charge in [0.15, 0.2) is 4.90 Å². The van der Waals surface area contributed by atoms with Crippen LogP contribution in [-0.4, -0.2) is 18.0 Å². The van der Waals surface area contributed by atoms with Crippen LogP contribution in [-0.2, 0) is 16.6 Å². The molecule has 0 saturated carbocycles. The Hall–Kier alpha value is -1.78. The molecule has 2 rings (SSSR count). The van der Waals surface area contributed by atoms with E-state index in [9.17, 15) is 22.4 Å². The van der Waals surface area contributed by atoms with E-state index in [-0.39, 0.29) is 6.54 Å². The van der Waals surface area contributed by atoms with Crippen LogP contribution in [0.15, 0.2) is 43.4 Å². The van der Waals surface area contributed by atoms with Crippen molar-refractivity contribution in [2.45, 2.75) is 11.4 Å². The molecule has 3 N–H and O–H groups in total. The molecule has 0 aliphatic heterocycles. The molecule has 7 nitrogen and oxygen atoms in total. The van der Waals surface area contributed by atoms with Crippen LogP contribution in [0.3, 0.4) is 0 Å². The average Bonchev–Trinajstić information content (AvgIpc) is 2.29. The van der Waals surface area contributed by atoms with E-state index in [0.717, 1.165) is 10.8 Å². The minimum atomic E-state index is -4.27. The largest absolute Gasteiger partial charge is 0.328 e. The first-order valence-electron chi connectivity index (χ1n) is 5.48. The lowest BCUT2D eigenvalue weighted by molar-refractivity contribution is 0.590. The molecule has 0 aliphatic carbocycles. The van der Waals surface area contributed by atoms with Crippen LogP contribution in [0, 0.1) is 5.82 Å². The van der Waals surface area contributed by atoms with E-state index in [1.54, 1.807) is 6.07 Å². The number of nitrogens with zero attached hydrogens (tertiary/aromatic N) is 1. The molecule has 10 heteroatoms. The lowest BCUT2D eigenvalue weighted by Gasteiger charge is -2.07. The number of nitrogens with one attached hydrogen (secondary N) is 1. The summed E-state index contributed by atoms with van der Waals surface area (Å²) in [5.74, 6) is -0.525.